The Bertz CT molecular complexity index is 341. The average molecular weight is 240 g/mol. The zero-order chi connectivity index (χ0) is 11.4. The number of rotatable bonds is 3. The van der Waals surface area contributed by atoms with Gasteiger partial charge >= 0.3 is 0 Å². The molecule has 1 aliphatic heterocycles. The molecule has 0 bridgehead atoms. The Labute approximate surface area is 102 Å². The molecule has 3 nitrogen and oxygen atoms in total. The first-order chi connectivity index (χ1) is 7.81. The van der Waals surface area contributed by atoms with E-state index in [1.165, 1.54) is 12.8 Å². The summed E-state index contributed by atoms with van der Waals surface area (Å²) in [5, 5.41) is 0. The van der Waals surface area contributed by atoms with Crippen molar-refractivity contribution in [3.05, 3.63) is 18.1 Å². The van der Waals surface area contributed by atoms with Gasteiger partial charge in [0.2, 0.25) is 0 Å². The van der Waals surface area contributed by atoms with Crippen molar-refractivity contribution in [3.8, 4) is 0 Å². The SMILES string of the molecule is Cc1nccnc1N1CCCC(CCCl)C1. The smallest absolute Gasteiger partial charge is 0.150 e. The Balaban J connectivity index is 2.07. The second kappa shape index (κ2) is 5.48. The molecule has 0 N–H and O–H groups in total. The quantitative estimate of drug-likeness (QED) is 0.760. The van der Waals surface area contributed by atoms with E-state index in [0.29, 0.717) is 5.92 Å². The normalized spacial score (nSPS) is 21.1. The van der Waals surface area contributed by atoms with Crippen LogP contribution in [0.1, 0.15) is 25.0 Å². The first kappa shape index (κ1) is 11.6. The average Bonchev–Trinajstić information content (AvgIpc) is 2.30. The van der Waals surface area contributed by atoms with Crippen LogP contribution in [-0.2, 0) is 0 Å². The number of anilines is 1. The van der Waals surface area contributed by atoms with Gasteiger partial charge in [-0.25, -0.2) is 4.98 Å². The van der Waals surface area contributed by atoms with Gasteiger partial charge in [0.15, 0.2) is 0 Å². The fraction of sp³-hybridized carbons (Fsp3) is 0.667. The highest BCUT2D eigenvalue weighted by molar-refractivity contribution is 6.17. The number of halogens is 1. The third-order valence-electron chi connectivity index (χ3n) is 3.19. The van der Waals surface area contributed by atoms with Gasteiger partial charge < -0.3 is 4.90 Å². The largest absolute Gasteiger partial charge is 0.355 e. The van der Waals surface area contributed by atoms with Crippen molar-refractivity contribution in [3.63, 3.8) is 0 Å². The first-order valence-electron chi connectivity index (χ1n) is 5.90. The minimum Gasteiger partial charge on any atom is -0.355 e. The van der Waals surface area contributed by atoms with Crippen LogP contribution in [0.2, 0.25) is 0 Å². The monoisotopic (exact) mass is 239 g/mol. The zero-order valence-electron chi connectivity index (χ0n) is 9.69. The van der Waals surface area contributed by atoms with Crippen LogP contribution in [0.25, 0.3) is 0 Å². The molecular weight excluding hydrogens is 222 g/mol. The lowest BCUT2D eigenvalue weighted by molar-refractivity contribution is 0.404. The molecule has 2 heterocycles. The van der Waals surface area contributed by atoms with Crippen molar-refractivity contribution < 1.29 is 0 Å². The number of nitrogens with zero attached hydrogens (tertiary/aromatic N) is 3. The second-order valence-electron chi connectivity index (χ2n) is 4.40. The summed E-state index contributed by atoms with van der Waals surface area (Å²) in [5.74, 6) is 2.52. The predicted molar refractivity (Wildman–Crippen MR) is 67.0 cm³/mol. The van der Waals surface area contributed by atoms with Crippen molar-refractivity contribution >= 4 is 17.4 Å². The van der Waals surface area contributed by atoms with Crippen molar-refractivity contribution in [2.45, 2.75) is 26.2 Å². The molecule has 2 rings (SSSR count). The molecular formula is C12H18ClN3. The predicted octanol–water partition coefficient (Wildman–Crippen LogP) is 2.63. The number of aromatic nitrogens is 2. The Morgan fingerprint density at radius 3 is 3.00 bits per heavy atom. The van der Waals surface area contributed by atoms with Crippen LogP contribution in [0, 0.1) is 12.8 Å². The summed E-state index contributed by atoms with van der Waals surface area (Å²) in [4.78, 5) is 11.1. The van der Waals surface area contributed by atoms with Crippen LogP contribution in [-0.4, -0.2) is 28.9 Å². The van der Waals surface area contributed by atoms with Gasteiger partial charge in [-0.15, -0.1) is 11.6 Å². The lowest BCUT2D eigenvalue weighted by atomic mass is 9.95. The molecule has 1 fully saturated rings. The maximum absolute atomic E-state index is 5.81. The number of hydrogen-bond acceptors (Lipinski definition) is 3. The maximum Gasteiger partial charge on any atom is 0.150 e. The lowest BCUT2D eigenvalue weighted by Gasteiger charge is -2.33. The minimum absolute atomic E-state index is 0.715. The molecule has 4 heteroatoms. The molecule has 0 aromatic carbocycles. The molecule has 1 aromatic heterocycles. The molecule has 1 unspecified atom stereocenters. The summed E-state index contributed by atoms with van der Waals surface area (Å²) in [6.45, 7) is 4.19. The number of piperidine rings is 1. The molecule has 0 spiro atoms. The summed E-state index contributed by atoms with van der Waals surface area (Å²) in [7, 11) is 0. The van der Waals surface area contributed by atoms with Crippen molar-refractivity contribution in [2.24, 2.45) is 5.92 Å². The second-order valence-corrected chi connectivity index (χ2v) is 4.78. The van der Waals surface area contributed by atoms with Gasteiger partial charge in [0.25, 0.3) is 0 Å². The highest BCUT2D eigenvalue weighted by atomic mass is 35.5. The van der Waals surface area contributed by atoms with E-state index in [0.717, 1.165) is 36.9 Å². The molecule has 0 radical (unpaired) electrons. The van der Waals surface area contributed by atoms with Gasteiger partial charge in [-0.05, 0) is 32.1 Å². The number of aryl methyl sites for hydroxylation is 1. The van der Waals surface area contributed by atoms with Crippen LogP contribution >= 0.6 is 11.6 Å². The number of hydrogen-bond donors (Lipinski definition) is 0. The summed E-state index contributed by atoms with van der Waals surface area (Å²) in [6.07, 6.45) is 7.16. The van der Waals surface area contributed by atoms with Gasteiger partial charge in [-0.2, -0.15) is 0 Å². The van der Waals surface area contributed by atoms with E-state index in [1.54, 1.807) is 12.4 Å². The summed E-state index contributed by atoms with van der Waals surface area (Å²) >= 11 is 5.81. The Morgan fingerprint density at radius 1 is 1.44 bits per heavy atom. The van der Waals surface area contributed by atoms with E-state index in [9.17, 15) is 0 Å². The molecule has 0 amide bonds. The molecule has 1 saturated heterocycles. The lowest BCUT2D eigenvalue weighted by Crippen LogP contribution is -2.36. The zero-order valence-corrected chi connectivity index (χ0v) is 10.5. The fourth-order valence-electron chi connectivity index (χ4n) is 2.36. The molecule has 0 saturated carbocycles. The van der Waals surface area contributed by atoms with Crippen LogP contribution in [0.15, 0.2) is 12.4 Å². The number of alkyl halides is 1. The molecule has 1 aromatic rings. The highest BCUT2D eigenvalue weighted by Gasteiger charge is 2.21. The first-order valence-corrected chi connectivity index (χ1v) is 6.43. The standard InChI is InChI=1S/C12H18ClN3/c1-10-12(15-7-6-14-10)16-8-2-3-11(9-16)4-5-13/h6-7,11H,2-5,8-9H2,1H3. The van der Waals surface area contributed by atoms with Crippen LogP contribution in [0.5, 0.6) is 0 Å². The van der Waals surface area contributed by atoms with Gasteiger partial charge in [-0.1, -0.05) is 0 Å². The van der Waals surface area contributed by atoms with E-state index in [4.69, 9.17) is 11.6 Å². The molecule has 88 valence electrons. The maximum atomic E-state index is 5.81. The van der Waals surface area contributed by atoms with E-state index < -0.39 is 0 Å². The topological polar surface area (TPSA) is 29.0 Å². The summed E-state index contributed by atoms with van der Waals surface area (Å²) in [6, 6.07) is 0. The Kier molecular flexibility index (Phi) is 3.99. The summed E-state index contributed by atoms with van der Waals surface area (Å²) in [5.41, 5.74) is 1.02. The molecule has 16 heavy (non-hydrogen) atoms. The third-order valence-corrected chi connectivity index (χ3v) is 3.41. The van der Waals surface area contributed by atoms with Gasteiger partial charge in [0.05, 0.1) is 5.69 Å². The van der Waals surface area contributed by atoms with E-state index >= 15 is 0 Å². The molecule has 0 aliphatic carbocycles. The fourth-order valence-corrected chi connectivity index (χ4v) is 2.67. The van der Waals surface area contributed by atoms with E-state index in [2.05, 4.69) is 14.9 Å². The van der Waals surface area contributed by atoms with E-state index in [-0.39, 0.29) is 0 Å². The molecule has 1 aliphatic rings. The van der Waals surface area contributed by atoms with Gasteiger partial charge in [-0.3, -0.25) is 4.98 Å². The molecule has 1 atom stereocenters. The van der Waals surface area contributed by atoms with Crippen molar-refractivity contribution in [1.29, 1.82) is 0 Å². The minimum atomic E-state index is 0.715. The Hall–Kier alpha value is -0.830. The van der Waals surface area contributed by atoms with Gasteiger partial charge in [0.1, 0.15) is 5.82 Å². The van der Waals surface area contributed by atoms with Crippen LogP contribution < -0.4 is 4.90 Å². The van der Waals surface area contributed by atoms with Gasteiger partial charge in [0, 0.05) is 31.4 Å². The van der Waals surface area contributed by atoms with Crippen molar-refractivity contribution in [2.75, 3.05) is 23.9 Å². The Morgan fingerprint density at radius 2 is 2.25 bits per heavy atom. The van der Waals surface area contributed by atoms with Crippen LogP contribution in [0.4, 0.5) is 5.82 Å². The van der Waals surface area contributed by atoms with E-state index in [1.807, 2.05) is 6.92 Å². The van der Waals surface area contributed by atoms with Crippen molar-refractivity contribution in [1.82, 2.24) is 9.97 Å². The highest BCUT2D eigenvalue weighted by Crippen LogP contribution is 2.24. The summed E-state index contributed by atoms with van der Waals surface area (Å²) < 4.78 is 0. The van der Waals surface area contributed by atoms with Crippen LogP contribution in [0.3, 0.4) is 0 Å². The third kappa shape index (κ3) is 2.64.